The van der Waals surface area contributed by atoms with Gasteiger partial charge in [-0.1, -0.05) is 0 Å². The number of carboxylic acid groups (broad SMARTS) is 1. The first-order valence-corrected chi connectivity index (χ1v) is 6.92. The van der Waals surface area contributed by atoms with E-state index in [0.717, 1.165) is 24.3 Å². The summed E-state index contributed by atoms with van der Waals surface area (Å²) in [6.45, 7) is -0.321. The predicted octanol–water partition coefficient (Wildman–Crippen LogP) is -1.30. The number of hydrogen-bond acceptors (Lipinski definition) is 5. The third kappa shape index (κ3) is 2.60. The molecule has 1 fully saturated rings. The lowest BCUT2D eigenvalue weighted by Crippen LogP contribution is -2.46. The zero-order chi connectivity index (χ0) is 14.2. The first kappa shape index (κ1) is 13.9. The second kappa shape index (κ2) is 4.87. The summed E-state index contributed by atoms with van der Waals surface area (Å²) in [5.41, 5.74) is 0. The van der Waals surface area contributed by atoms with Gasteiger partial charge >= 0.3 is 0 Å². The normalized spacial score (nSPS) is 24.5. The van der Waals surface area contributed by atoms with Crippen molar-refractivity contribution >= 4 is 16.0 Å². The number of nitrogens with zero attached hydrogens (tertiary/aromatic N) is 1. The fourth-order valence-electron chi connectivity index (χ4n) is 2.01. The number of carbonyl (C=O) groups excluding carboxylic acids is 1. The van der Waals surface area contributed by atoms with E-state index in [4.69, 9.17) is 0 Å². The number of carbonyl (C=O) groups is 1. The number of β-amino-alcohol motifs (C(OH)–C–C–N with tert-alkyl or cyclic N) is 1. The maximum Gasteiger partial charge on any atom is 0.243 e. The van der Waals surface area contributed by atoms with E-state index in [1.807, 2.05) is 0 Å². The average Bonchev–Trinajstić information content (AvgIpc) is 2.73. The molecule has 6 nitrogen and oxygen atoms in total. The van der Waals surface area contributed by atoms with E-state index in [1.165, 1.54) is 0 Å². The van der Waals surface area contributed by atoms with Crippen molar-refractivity contribution in [2.24, 2.45) is 0 Å². The van der Waals surface area contributed by atoms with Crippen LogP contribution >= 0.6 is 0 Å². The Morgan fingerprint density at radius 2 is 1.95 bits per heavy atom. The molecule has 104 valence electrons. The second-order valence-corrected chi connectivity index (χ2v) is 6.14. The van der Waals surface area contributed by atoms with Gasteiger partial charge in [-0.2, -0.15) is 4.31 Å². The van der Waals surface area contributed by atoms with Gasteiger partial charge in [0, 0.05) is 6.54 Å². The van der Waals surface area contributed by atoms with Crippen molar-refractivity contribution in [3.63, 3.8) is 0 Å². The topological polar surface area (TPSA) is 97.7 Å². The quantitative estimate of drug-likeness (QED) is 0.745. The number of aliphatic hydroxyl groups is 1. The van der Waals surface area contributed by atoms with Crippen LogP contribution in [0.15, 0.2) is 29.2 Å². The lowest BCUT2D eigenvalue weighted by molar-refractivity contribution is -0.309. The molecule has 19 heavy (non-hydrogen) atoms. The summed E-state index contributed by atoms with van der Waals surface area (Å²) < 4.78 is 37.8. The standard InChI is InChI=1S/C11H12FNO5S/c12-7-1-3-9(4-2-7)19(17,18)13-6-8(14)5-10(13)11(15)16/h1-4,8,10,14H,5-6H2,(H,15,16)/p-1/t8-,10+/m0/s1. The van der Waals surface area contributed by atoms with E-state index in [0.29, 0.717) is 4.31 Å². The Hall–Kier alpha value is -1.51. The summed E-state index contributed by atoms with van der Waals surface area (Å²) in [5, 5.41) is 20.3. The Kier molecular flexibility index (Phi) is 3.57. The number of aliphatic hydroxyl groups excluding tert-OH is 1. The summed E-state index contributed by atoms with van der Waals surface area (Å²) in [5.74, 6) is -2.17. The third-order valence-electron chi connectivity index (χ3n) is 2.93. The smallest absolute Gasteiger partial charge is 0.243 e. The molecule has 1 aliphatic heterocycles. The number of carboxylic acids is 1. The maximum absolute atomic E-state index is 12.8. The molecule has 0 aromatic heterocycles. The Morgan fingerprint density at radius 1 is 1.37 bits per heavy atom. The van der Waals surface area contributed by atoms with E-state index < -0.39 is 34.0 Å². The van der Waals surface area contributed by atoms with E-state index in [2.05, 4.69) is 0 Å². The SMILES string of the molecule is O=C([O-])[C@H]1C[C@H](O)CN1S(=O)(=O)c1ccc(F)cc1. The van der Waals surface area contributed by atoms with E-state index in [1.54, 1.807) is 0 Å². The van der Waals surface area contributed by atoms with Crippen molar-refractivity contribution in [1.29, 1.82) is 0 Å². The Morgan fingerprint density at radius 3 is 2.47 bits per heavy atom. The van der Waals surface area contributed by atoms with Crippen LogP contribution in [-0.4, -0.2) is 42.5 Å². The monoisotopic (exact) mass is 288 g/mol. The molecule has 0 amide bonds. The van der Waals surface area contributed by atoms with Gasteiger partial charge in [0.15, 0.2) is 0 Å². The summed E-state index contributed by atoms with van der Waals surface area (Å²) in [6, 6.07) is 2.61. The molecule has 0 bridgehead atoms. The second-order valence-electron chi connectivity index (χ2n) is 4.25. The van der Waals surface area contributed by atoms with Gasteiger partial charge in [-0.25, -0.2) is 12.8 Å². The fourth-order valence-corrected chi connectivity index (χ4v) is 3.63. The van der Waals surface area contributed by atoms with Gasteiger partial charge in [0.2, 0.25) is 10.0 Å². The van der Waals surface area contributed by atoms with E-state index in [-0.39, 0.29) is 17.9 Å². The van der Waals surface area contributed by atoms with Gasteiger partial charge < -0.3 is 15.0 Å². The molecule has 1 aromatic rings. The largest absolute Gasteiger partial charge is 0.548 e. The molecule has 2 rings (SSSR count). The number of hydrogen-bond donors (Lipinski definition) is 1. The fraction of sp³-hybridized carbons (Fsp3) is 0.364. The minimum atomic E-state index is -4.10. The van der Waals surface area contributed by atoms with Gasteiger partial charge in [-0.3, -0.25) is 0 Å². The van der Waals surface area contributed by atoms with Crippen LogP contribution in [0.3, 0.4) is 0 Å². The highest BCUT2D eigenvalue weighted by Gasteiger charge is 2.40. The summed E-state index contributed by atoms with van der Waals surface area (Å²) in [7, 11) is -4.10. The summed E-state index contributed by atoms with van der Waals surface area (Å²) in [4.78, 5) is 10.7. The molecule has 1 heterocycles. The van der Waals surface area contributed by atoms with Crippen molar-refractivity contribution in [2.75, 3.05) is 6.54 Å². The van der Waals surface area contributed by atoms with Crippen LogP contribution in [0.2, 0.25) is 0 Å². The van der Waals surface area contributed by atoms with Gasteiger partial charge in [0.1, 0.15) is 5.82 Å². The van der Waals surface area contributed by atoms with Crippen LogP contribution in [0.5, 0.6) is 0 Å². The molecule has 0 saturated carbocycles. The number of rotatable bonds is 3. The molecule has 1 saturated heterocycles. The Labute approximate surface area is 109 Å². The van der Waals surface area contributed by atoms with Crippen molar-refractivity contribution in [1.82, 2.24) is 4.31 Å². The van der Waals surface area contributed by atoms with Crippen molar-refractivity contribution in [3.05, 3.63) is 30.1 Å². The van der Waals surface area contributed by atoms with Crippen LogP contribution in [0.1, 0.15) is 6.42 Å². The first-order valence-electron chi connectivity index (χ1n) is 5.48. The lowest BCUT2D eigenvalue weighted by atomic mass is 10.2. The minimum absolute atomic E-state index is 0.219. The minimum Gasteiger partial charge on any atom is -0.548 e. The maximum atomic E-state index is 12.8. The molecule has 0 radical (unpaired) electrons. The molecule has 0 spiro atoms. The number of benzene rings is 1. The van der Waals surface area contributed by atoms with Crippen molar-refractivity contribution < 1.29 is 27.8 Å². The highest BCUT2D eigenvalue weighted by Crippen LogP contribution is 2.26. The predicted molar refractivity (Wildman–Crippen MR) is 59.7 cm³/mol. The zero-order valence-corrected chi connectivity index (χ0v) is 10.5. The van der Waals surface area contributed by atoms with Gasteiger partial charge in [-0.15, -0.1) is 0 Å². The molecular weight excluding hydrogens is 277 g/mol. The first-order chi connectivity index (χ1) is 8.82. The molecule has 0 unspecified atom stereocenters. The molecule has 1 N–H and O–H groups in total. The highest BCUT2D eigenvalue weighted by atomic mass is 32.2. The molecule has 0 aliphatic carbocycles. The molecule has 2 atom stereocenters. The lowest BCUT2D eigenvalue weighted by Gasteiger charge is -2.24. The number of aliphatic carboxylic acids is 1. The average molecular weight is 288 g/mol. The molecule has 1 aromatic carbocycles. The van der Waals surface area contributed by atoms with Crippen molar-refractivity contribution in [2.45, 2.75) is 23.5 Å². The molecule has 1 aliphatic rings. The molecular formula is C11H11FNO5S-. The van der Waals surface area contributed by atoms with Gasteiger partial charge in [0.05, 0.1) is 23.0 Å². The zero-order valence-electron chi connectivity index (χ0n) is 9.69. The third-order valence-corrected chi connectivity index (χ3v) is 4.81. The number of halogens is 1. The van der Waals surface area contributed by atoms with Crippen molar-refractivity contribution in [3.8, 4) is 0 Å². The van der Waals surface area contributed by atoms with Gasteiger partial charge in [-0.05, 0) is 30.7 Å². The number of sulfonamides is 1. The summed E-state index contributed by atoms with van der Waals surface area (Å²) in [6.07, 6.45) is -1.28. The van der Waals surface area contributed by atoms with Crippen LogP contribution in [0.25, 0.3) is 0 Å². The summed E-state index contributed by atoms with van der Waals surface area (Å²) >= 11 is 0. The Balaban J connectivity index is 2.38. The Bertz CT molecular complexity index is 586. The van der Waals surface area contributed by atoms with Gasteiger partial charge in [0.25, 0.3) is 0 Å². The van der Waals surface area contributed by atoms with Crippen LogP contribution in [0, 0.1) is 5.82 Å². The van der Waals surface area contributed by atoms with Crippen LogP contribution in [0.4, 0.5) is 4.39 Å². The van der Waals surface area contributed by atoms with E-state index >= 15 is 0 Å². The molecule has 8 heteroatoms. The highest BCUT2D eigenvalue weighted by molar-refractivity contribution is 7.89. The van der Waals surface area contributed by atoms with E-state index in [9.17, 15) is 27.8 Å². The van der Waals surface area contributed by atoms with Crippen LogP contribution < -0.4 is 5.11 Å². The van der Waals surface area contributed by atoms with Crippen LogP contribution in [-0.2, 0) is 14.8 Å².